The van der Waals surface area contributed by atoms with Crippen LogP contribution in [0, 0.1) is 11.6 Å². The van der Waals surface area contributed by atoms with E-state index < -0.39 is 68.2 Å². The minimum absolute atomic E-state index is 0.152. The van der Waals surface area contributed by atoms with Crippen LogP contribution in [0.3, 0.4) is 0 Å². The fourth-order valence-corrected chi connectivity index (χ4v) is 3.13. The second-order valence-corrected chi connectivity index (χ2v) is 8.55. The lowest BCUT2D eigenvalue weighted by Crippen LogP contribution is -2.11. The van der Waals surface area contributed by atoms with Crippen molar-refractivity contribution in [2.24, 2.45) is 0 Å². The Morgan fingerprint density at radius 2 is 1.67 bits per heavy atom. The van der Waals surface area contributed by atoms with E-state index in [-0.39, 0.29) is 12.1 Å². The molecule has 0 radical (unpaired) electrons. The summed E-state index contributed by atoms with van der Waals surface area (Å²) in [4.78, 5) is 9.82. The van der Waals surface area contributed by atoms with Crippen LogP contribution in [-0.4, -0.2) is 37.7 Å². The number of ketones is 1. The van der Waals surface area contributed by atoms with E-state index in [1.807, 2.05) is 0 Å². The average Bonchev–Trinajstić information content (AvgIpc) is 3.11. The summed E-state index contributed by atoms with van der Waals surface area (Å²) in [6.45, 7) is -1.61. The molecule has 0 amide bonds. The number of halogens is 7. The van der Waals surface area contributed by atoms with E-state index in [1.165, 1.54) is 0 Å². The number of carbonyl (C=O) groups is 1. The average molecular weight is 456 g/mol. The zero-order valence-corrected chi connectivity index (χ0v) is 15.4. The minimum Gasteiger partial charge on any atom is -0.388 e. The van der Waals surface area contributed by atoms with Crippen LogP contribution in [0.5, 0.6) is 0 Å². The van der Waals surface area contributed by atoms with Gasteiger partial charge >= 0.3 is 10.2 Å². The quantitative estimate of drug-likeness (QED) is 0.437. The van der Waals surface area contributed by atoms with Gasteiger partial charge in [0.1, 0.15) is 23.1 Å². The maximum atomic E-state index is 14.1. The van der Waals surface area contributed by atoms with Crippen LogP contribution in [0.15, 0.2) is 41.3 Å². The summed E-state index contributed by atoms with van der Waals surface area (Å²) in [5, 5.41) is 19.3. The number of hydrogen-bond acceptors (Lipinski definition) is 5. The monoisotopic (exact) mass is 456 g/mol. The van der Waals surface area contributed by atoms with Crippen molar-refractivity contribution in [2.75, 3.05) is 6.61 Å². The topological polar surface area (TPSA) is 80.9 Å². The number of carbonyl (C=O) groups excluding carboxylic acids is 1. The highest BCUT2D eigenvalue weighted by atomic mass is 32.5. The van der Waals surface area contributed by atoms with Crippen LogP contribution in [0.1, 0.15) is 15.9 Å². The summed E-state index contributed by atoms with van der Waals surface area (Å²) in [5.41, 5.74) is -1.43. The molecule has 0 unspecified atom stereocenters. The molecule has 2 aromatic carbocycles. The zero-order valence-electron chi connectivity index (χ0n) is 14.6. The van der Waals surface area contributed by atoms with Gasteiger partial charge in [0.15, 0.2) is 5.78 Å². The van der Waals surface area contributed by atoms with E-state index in [0.717, 1.165) is 12.1 Å². The summed E-state index contributed by atoms with van der Waals surface area (Å²) in [6, 6.07) is 3.50. The molecule has 1 N–H and O–H groups in total. The van der Waals surface area contributed by atoms with Gasteiger partial charge in [-0.05, 0) is 29.5 Å². The number of nitrogens with zero attached hydrogens (tertiary/aromatic N) is 4. The Bertz CT molecular complexity index is 1130. The van der Waals surface area contributed by atoms with Gasteiger partial charge in [0, 0.05) is 16.7 Å². The summed E-state index contributed by atoms with van der Waals surface area (Å²) in [7, 11) is -9.93. The third-order valence-corrected chi connectivity index (χ3v) is 5.04. The largest absolute Gasteiger partial charge is 0.388 e. The molecule has 3 aromatic rings. The molecule has 0 aliphatic heterocycles. The van der Waals surface area contributed by atoms with Crippen molar-refractivity contribution >= 4 is 16.0 Å². The molecule has 30 heavy (non-hydrogen) atoms. The van der Waals surface area contributed by atoms with Crippen molar-refractivity contribution in [1.29, 1.82) is 0 Å². The number of benzene rings is 2. The van der Waals surface area contributed by atoms with Gasteiger partial charge in [-0.25, -0.2) is 8.78 Å². The number of aromatic nitrogens is 4. The van der Waals surface area contributed by atoms with Crippen LogP contribution < -0.4 is 0 Å². The fraction of sp³-hybridized carbons (Fsp3) is 0.125. The Morgan fingerprint density at radius 1 is 1.03 bits per heavy atom. The molecule has 1 heterocycles. The van der Waals surface area contributed by atoms with Gasteiger partial charge in [0.2, 0.25) is 5.82 Å². The number of Topliss-reactive ketones (excluding diaryl/α,β-unsaturated/α-hetero) is 1. The molecule has 0 aliphatic carbocycles. The van der Waals surface area contributed by atoms with Crippen LogP contribution >= 0.6 is 10.2 Å². The molecule has 14 heteroatoms. The Kier molecular flexibility index (Phi) is 4.70. The third-order valence-electron chi connectivity index (χ3n) is 3.90. The molecule has 3 rings (SSSR count). The van der Waals surface area contributed by atoms with Crippen LogP contribution in [-0.2, 0) is 6.54 Å². The summed E-state index contributed by atoms with van der Waals surface area (Å²) in [5.74, 6) is -3.71. The zero-order chi connectivity index (χ0) is 22.4. The lowest BCUT2D eigenvalue weighted by atomic mass is 10.1. The number of hydrogen-bond donors (Lipinski definition) is 1. The Labute approximate surface area is 163 Å². The van der Waals surface area contributed by atoms with Crippen LogP contribution in [0.25, 0.3) is 11.4 Å². The number of tetrazole rings is 1. The summed E-state index contributed by atoms with van der Waals surface area (Å²) >= 11 is 0. The Hall–Kier alpha value is -3.00. The van der Waals surface area contributed by atoms with E-state index in [0.29, 0.717) is 16.9 Å². The SMILES string of the molecule is O=C(CO)c1cc(F)c(Cn2nnc(-c3cccc(S(F)(F)(F)(F)F)c3)n2)c(F)c1. The first-order chi connectivity index (χ1) is 13.7. The molecule has 0 spiro atoms. The molecule has 0 atom stereocenters. The van der Waals surface area contributed by atoms with E-state index >= 15 is 0 Å². The number of rotatable bonds is 6. The van der Waals surface area contributed by atoms with Crippen molar-refractivity contribution in [3.8, 4) is 11.4 Å². The standard InChI is InChI=1S/C16H11F7N4O2S/c17-13-5-10(15(29)8-28)6-14(18)12(13)7-27-25-16(24-26-27)9-2-1-3-11(4-9)30(19,20,21,22)23/h1-6,28H,7-8H2. The molecule has 0 bridgehead atoms. The van der Waals surface area contributed by atoms with Gasteiger partial charge in [0.05, 0.1) is 6.54 Å². The lowest BCUT2D eigenvalue weighted by Gasteiger charge is -2.40. The van der Waals surface area contributed by atoms with E-state index in [2.05, 4.69) is 15.4 Å². The Morgan fingerprint density at radius 3 is 2.23 bits per heavy atom. The fourth-order valence-electron chi connectivity index (χ4n) is 2.45. The van der Waals surface area contributed by atoms with Crippen molar-refractivity contribution in [1.82, 2.24) is 20.2 Å². The van der Waals surface area contributed by atoms with E-state index in [9.17, 15) is 33.0 Å². The van der Waals surface area contributed by atoms with Gasteiger partial charge in [-0.3, -0.25) is 4.79 Å². The van der Waals surface area contributed by atoms with Crippen molar-refractivity contribution in [2.45, 2.75) is 11.4 Å². The highest BCUT2D eigenvalue weighted by Gasteiger charge is 2.65. The highest BCUT2D eigenvalue weighted by Crippen LogP contribution is 3.02. The lowest BCUT2D eigenvalue weighted by molar-refractivity contribution is 0.0902. The normalized spacial score (nSPS) is 14.3. The second kappa shape index (κ2) is 6.50. The van der Waals surface area contributed by atoms with E-state index in [4.69, 9.17) is 5.11 Å². The van der Waals surface area contributed by atoms with Gasteiger partial charge in [-0.1, -0.05) is 31.6 Å². The molecule has 1 aromatic heterocycles. The molecule has 0 fully saturated rings. The maximum absolute atomic E-state index is 14.1. The smallest absolute Gasteiger partial charge is 0.310 e. The first-order valence-corrected chi connectivity index (χ1v) is 9.87. The predicted octanol–water partition coefficient (Wildman–Crippen LogP) is 4.50. The molecular weight excluding hydrogens is 445 g/mol. The number of aliphatic hydroxyl groups excluding tert-OH is 1. The first-order valence-electron chi connectivity index (χ1n) is 7.92. The predicted molar refractivity (Wildman–Crippen MR) is 91.5 cm³/mol. The second-order valence-electron chi connectivity index (χ2n) is 6.14. The van der Waals surface area contributed by atoms with Crippen LogP contribution in [0.4, 0.5) is 28.2 Å². The van der Waals surface area contributed by atoms with Gasteiger partial charge in [-0.15, -0.1) is 10.2 Å². The van der Waals surface area contributed by atoms with Gasteiger partial charge < -0.3 is 5.11 Å². The highest BCUT2D eigenvalue weighted by molar-refractivity contribution is 8.45. The molecule has 0 saturated carbocycles. The van der Waals surface area contributed by atoms with E-state index in [1.54, 1.807) is 0 Å². The summed E-state index contributed by atoms with van der Waals surface area (Å²) < 4.78 is 93.0. The Balaban J connectivity index is 1.91. The first kappa shape index (κ1) is 21.7. The van der Waals surface area contributed by atoms with Gasteiger partial charge in [0.25, 0.3) is 0 Å². The molecular formula is C16H11F7N4O2S. The molecule has 162 valence electrons. The van der Waals surface area contributed by atoms with Crippen molar-refractivity contribution in [3.63, 3.8) is 0 Å². The molecule has 6 nitrogen and oxygen atoms in total. The summed E-state index contributed by atoms with van der Waals surface area (Å²) in [6.07, 6.45) is 0. The maximum Gasteiger partial charge on any atom is 0.310 e. The minimum atomic E-state index is -9.93. The molecule has 0 saturated heterocycles. The van der Waals surface area contributed by atoms with Crippen molar-refractivity contribution in [3.05, 3.63) is 59.2 Å². The molecule has 0 aliphatic rings. The third kappa shape index (κ3) is 4.59. The van der Waals surface area contributed by atoms with Crippen LogP contribution in [0.2, 0.25) is 0 Å². The van der Waals surface area contributed by atoms with Crippen molar-refractivity contribution < 1.29 is 38.1 Å². The van der Waals surface area contributed by atoms with Gasteiger partial charge in [-0.2, -0.15) is 4.80 Å². The number of aliphatic hydroxyl groups is 1.